The standard InChI is InChI=1S/C27H31F2N7O2S/c1-4-34(5-2)17(3)13-30-26(37)18-11-22(32-24(12-18)35-15-19(16-35)38-27(28)29)20-14-31-36-9-8-21(33-25(20)36)23-7-6-10-39-23/h6-12,14,17,19,27H,4-5,13,15-16H2,1-3H3,(H,30,37)/t17-/m0/s1. The average molecular weight is 556 g/mol. The minimum Gasteiger partial charge on any atom is -0.351 e. The normalized spacial score (nSPS) is 14.8. The van der Waals surface area contributed by atoms with Crippen LogP contribution >= 0.6 is 11.3 Å². The molecule has 0 spiro atoms. The van der Waals surface area contributed by atoms with Gasteiger partial charge in [0.05, 0.1) is 34.1 Å². The highest BCUT2D eigenvalue weighted by Crippen LogP contribution is 2.30. The molecule has 1 atom stereocenters. The van der Waals surface area contributed by atoms with E-state index in [9.17, 15) is 13.6 Å². The number of aromatic nitrogens is 4. The predicted molar refractivity (Wildman–Crippen MR) is 147 cm³/mol. The van der Waals surface area contributed by atoms with Gasteiger partial charge >= 0.3 is 6.61 Å². The van der Waals surface area contributed by atoms with Crippen LogP contribution in [-0.2, 0) is 4.74 Å². The number of hydrogen-bond donors (Lipinski definition) is 1. The third-order valence-electron chi connectivity index (χ3n) is 6.95. The van der Waals surface area contributed by atoms with E-state index >= 15 is 0 Å². The van der Waals surface area contributed by atoms with Crippen LogP contribution in [0.2, 0.25) is 0 Å². The van der Waals surface area contributed by atoms with Crippen molar-refractivity contribution >= 4 is 28.7 Å². The summed E-state index contributed by atoms with van der Waals surface area (Å²) in [5, 5.41) is 9.47. The first-order valence-electron chi connectivity index (χ1n) is 13.0. The summed E-state index contributed by atoms with van der Waals surface area (Å²) < 4.78 is 31.6. The lowest BCUT2D eigenvalue weighted by Gasteiger charge is -2.39. The maximum Gasteiger partial charge on any atom is 0.345 e. The van der Waals surface area contributed by atoms with Crippen molar-refractivity contribution in [2.75, 3.05) is 37.6 Å². The van der Waals surface area contributed by atoms with Gasteiger partial charge in [-0.25, -0.2) is 14.5 Å². The molecule has 1 aliphatic rings. The van der Waals surface area contributed by atoms with Crippen LogP contribution in [0.15, 0.2) is 48.1 Å². The van der Waals surface area contributed by atoms with Gasteiger partial charge in [0.25, 0.3) is 5.91 Å². The number of fused-ring (bicyclic) bond motifs is 1. The number of alkyl halides is 2. The molecule has 1 fully saturated rings. The van der Waals surface area contributed by atoms with Gasteiger partial charge in [0.2, 0.25) is 0 Å². The fourth-order valence-corrected chi connectivity index (χ4v) is 5.43. The second kappa shape index (κ2) is 11.7. The molecule has 0 aliphatic carbocycles. The second-order valence-electron chi connectivity index (χ2n) is 9.42. The molecular formula is C27H31F2N7O2S. The summed E-state index contributed by atoms with van der Waals surface area (Å²) in [4.78, 5) is 28.0. The molecule has 1 amide bonds. The van der Waals surface area contributed by atoms with E-state index in [-0.39, 0.29) is 25.0 Å². The maximum absolute atomic E-state index is 13.3. The molecule has 206 valence electrons. The highest BCUT2D eigenvalue weighted by atomic mass is 32.1. The number of thiophene rings is 1. The van der Waals surface area contributed by atoms with Crippen molar-refractivity contribution in [1.82, 2.24) is 29.8 Å². The molecule has 0 aromatic carbocycles. The summed E-state index contributed by atoms with van der Waals surface area (Å²) in [6.45, 7) is 6.23. The zero-order chi connectivity index (χ0) is 27.5. The Labute approximate surface area is 229 Å². The molecule has 0 saturated carbocycles. The number of likely N-dealkylation sites (N-methyl/N-ethyl adjacent to an activating group) is 1. The van der Waals surface area contributed by atoms with Crippen molar-refractivity contribution in [3.63, 3.8) is 0 Å². The van der Waals surface area contributed by atoms with Gasteiger partial charge in [-0.2, -0.15) is 13.9 Å². The first-order chi connectivity index (χ1) is 18.9. The lowest BCUT2D eigenvalue weighted by Crippen LogP contribution is -2.53. The fourth-order valence-electron chi connectivity index (χ4n) is 4.73. The summed E-state index contributed by atoms with van der Waals surface area (Å²) in [5.41, 5.74) is 3.04. The number of nitrogens with one attached hydrogen (secondary N) is 1. The van der Waals surface area contributed by atoms with Gasteiger partial charge in [0.1, 0.15) is 5.82 Å². The zero-order valence-electron chi connectivity index (χ0n) is 22.1. The number of carbonyl (C=O) groups is 1. The van der Waals surface area contributed by atoms with E-state index in [1.807, 2.05) is 34.7 Å². The van der Waals surface area contributed by atoms with E-state index in [1.54, 1.807) is 34.2 Å². The lowest BCUT2D eigenvalue weighted by molar-refractivity contribution is -0.167. The third-order valence-corrected chi connectivity index (χ3v) is 7.85. The summed E-state index contributed by atoms with van der Waals surface area (Å²) in [6, 6.07) is 9.46. The van der Waals surface area contributed by atoms with Crippen LogP contribution in [0.3, 0.4) is 0 Å². The number of amides is 1. The van der Waals surface area contributed by atoms with Crippen molar-refractivity contribution in [1.29, 1.82) is 0 Å². The topological polar surface area (TPSA) is 87.9 Å². The highest BCUT2D eigenvalue weighted by molar-refractivity contribution is 7.13. The van der Waals surface area contributed by atoms with Crippen LogP contribution in [0.1, 0.15) is 31.1 Å². The molecule has 5 heterocycles. The summed E-state index contributed by atoms with van der Waals surface area (Å²) in [6.07, 6.45) is 2.93. The number of halogens is 2. The minimum absolute atomic E-state index is 0.173. The van der Waals surface area contributed by atoms with Gasteiger partial charge in [-0.1, -0.05) is 19.9 Å². The predicted octanol–water partition coefficient (Wildman–Crippen LogP) is 4.41. The summed E-state index contributed by atoms with van der Waals surface area (Å²) in [5.74, 6) is 0.279. The minimum atomic E-state index is -2.83. The van der Waals surface area contributed by atoms with E-state index in [1.165, 1.54) is 0 Å². The van der Waals surface area contributed by atoms with E-state index in [2.05, 4.69) is 40.8 Å². The van der Waals surface area contributed by atoms with Gasteiger partial charge in [-0.3, -0.25) is 9.69 Å². The lowest BCUT2D eigenvalue weighted by atomic mass is 10.1. The van der Waals surface area contributed by atoms with E-state index in [0.29, 0.717) is 34.8 Å². The van der Waals surface area contributed by atoms with E-state index < -0.39 is 12.7 Å². The van der Waals surface area contributed by atoms with Gasteiger partial charge in [0.15, 0.2) is 5.65 Å². The number of ether oxygens (including phenoxy) is 1. The van der Waals surface area contributed by atoms with Crippen molar-refractivity contribution in [3.8, 4) is 21.8 Å². The number of rotatable bonds is 11. The molecule has 0 bridgehead atoms. The Bertz CT molecular complexity index is 1420. The Hall–Kier alpha value is -3.48. The van der Waals surface area contributed by atoms with Crippen LogP contribution < -0.4 is 10.2 Å². The van der Waals surface area contributed by atoms with Crippen molar-refractivity contribution in [2.24, 2.45) is 0 Å². The molecule has 9 nitrogen and oxygen atoms in total. The zero-order valence-corrected chi connectivity index (χ0v) is 22.9. The third kappa shape index (κ3) is 5.92. The molecule has 4 aromatic heterocycles. The number of carbonyl (C=O) groups excluding carboxylic acids is 1. The maximum atomic E-state index is 13.3. The van der Waals surface area contributed by atoms with E-state index in [0.717, 1.165) is 23.7 Å². The van der Waals surface area contributed by atoms with Gasteiger partial charge in [0, 0.05) is 37.4 Å². The molecule has 12 heteroatoms. The second-order valence-corrected chi connectivity index (χ2v) is 10.4. The summed E-state index contributed by atoms with van der Waals surface area (Å²) >= 11 is 1.59. The molecule has 5 rings (SSSR count). The Balaban J connectivity index is 1.47. The van der Waals surface area contributed by atoms with Crippen LogP contribution in [0.25, 0.3) is 27.5 Å². The summed E-state index contributed by atoms with van der Waals surface area (Å²) in [7, 11) is 0. The average Bonchev–Trinajstić information content (AvgIpc) is 3.59. The molecule has 39 heavy (non-hydrogen) atoms. The van der Waals surface area contributed by atoms with Gasteiger partial charge < -0.3 is 15.0 Å². The number of pyridine rings is 1. The largest absolute Gasteiger partial charge is 0.351 e. The van der Waals surface area contributed by atoms with Gasteiger partial charge in [-0.05, 0) is 49.7 Å². The number of anilines is 1. The number of nitrogens with zero attached hydrogens (tertiary/aromatic N) is 6. The van der Waals surface area contributed by atoms with Crippen LogP contribution in [0, 0.1) is 0 Å². The molecule has 0 radical (unpaired) electrons. The van der Waals surface area contributed by atoms with Crippen LogP contribution in [0.5, 0.6) is 0 Å². The number of hydrogen-bond acceptors (Lipinski definition) is 8. The molecular weight excluding hydrogens is 524 g/mol. The molecule has 1 saturated heterocycles. The van der Waals surface area contributed by atoms with E-state index in [4.69, 9.17) is 9.97 Å². The molecule has 4 aromatic rings. The molecule has 1 aliphatic heterocycles. The SMILES string of the molecule is CCN(CC)[C@@H](C)CNC(=O)c1cc(-c2cnn3ccc(-c4cccs4)nc23)nc(N2CC(OC(F)F)C2)c1. The molecule has 0 unspecified atom stereocenters. The Morgan fingerprint density at radius 2 is 2.00 bits per heavy atom. The Kier molecular flexibility index (Phi) is 8.15. The van der Waals surface area contributed by atoms with Gasteiger partial charge in [-0.15, -0.1) is 11.3 Å². The molecule has 1 N–H and O–H groups in total. The van der Waals surface area contributed by atoms with Crippen molar-refractivity contribution in [2.45, 2.75) is 39.5 Å². The first kappa shape index (κ1) is 27.1. The van der Waals surface area contributed by atoms with Crippen LogP contribution in [-0.4, -0.2) is 81.9 Å². The first-order valence-corrected chi connectivity index (χ1v) is 13.9. The quantitative estimate of drug-likeness (QED) is 0.293. The smallest absolute Gasteiger partial charge is 0.345 e. The monoisotopic (exact) mass is 555 g/mol. The van der Waals surface area contributed by atoms with Crippen molar-refractivity contribution < 1.29 is 18.3 Å². The fraction of sp³-hybridized carbons (Fsp3) is 0.407. The van der Waals surface area contributed by atoms with Crippen LogP contribution in [0.4, 0.5) is 14.6 Å². The Morgan fingerprint density at radius 3 is 2.69 bits per heavy atom. The Morgan fingerprint density at radius 1 is 1.21 bits per heavy atom. The highest BCUT2D eigenvalue weighted by Gasteiger charge is 2.32. The van der Waals surface area contributed by atoms with Crippen molar-refractivity contribution in [3.05, 3.63) is 53.7 Å².